The Labute approximate surface area is 362 Å². The Morgan fingerprint density at radius 1 is 0.633 bits per heavy atom. The minimum atomic E-state index is -2.64. The highest BCUT2D eigenvalue weighted by Gasteiger charge is 2.51. The summed E-state index contributed by atoms with van der Waals surface area (Å²) in [4.78, 5) is 12.8. The van der Waals surface area contributed by atoms with E-state index >= 15 is 0 Å². The molecule has 328 valence electrons. The molecule has 0 radical (unpaired) electrons. The molecule has 5 atom stereocenters. The van der Waals surface area contributed by atoms with Gasteiger partial charge in [0, 0.05) is 6.61 Å². The maximum Gasteiger partial charge on any atom is 0.337 e. The van der Waals surface area contributed by atoms with Gasteiger partial charge in [-0.15, -0.1) is 0 Å². The number of rotatable bonds is 26. The minimum Gasteiger partial charge on any atom is -0.467 e. The van der Waals surface area contributed by atoms with Crippen LogP contribution >= 0.6 is 0 Å². The first-order chi connectivity index (χ1) is 28.8. The lowest BCUT2D eigenvalue weighted by Crippen LogP contribution is -2.66. The van der Waals surface area contributed by atoms with Crippen molar-refractivity contribution in [2.24, 2.45) is 0 Å². The molecule has 4 aromatic carbocycles. The van der Waals surface area contributed by atoms with Gasteiger partial charge in [0.2, 0.25) is 0 Å². The van der Waals surface area contributed by atoms with Crippen molar-refractivity contribution in [2.45, 2.75) is 147 Å². The standard InChI is InChI=1S/C50H72O8Si2/c1-9-59(10-2,11-3)58-50(7,36-26-12-13-27-37-57-60(49(4,5)6,42-32-22-16-23-33-42)43-34-24-17-25-35-43)47(56-39-41-30-20-15-21-31-41)46(44(51)45(52)48(53)54-8)55-38-40-28-18-14-19-29-40/h14-25,28-35,44-47,51-52H,9-13,26-27,36-39H2,1-8H3/t44-,45-,46-,47+,50+/m0/s1. The van der Waals surface area contributed by atoms with Crippen molar-refractivity contribution in [3.8, 4) is 0 Å². The normalized spacial score (nSPS) is 15.4. The number of hydrogen-bond acceptors (Lipinski definition) is 8. The van der Waals surface area contributed by atoms with Crippen molar-refractivity contribution < 1.29 is 38.1 Å². The van der Waals surface area contributed by atoms with Crippen molar-refractivity contribution >= 4 is 33.0 Å². The van der Waals surface area contributed by atoms with E-state index in [2.05, 4.69) is 109 Å². The maximum atomic E-state index is 12.8. The molecule has 0 aliphatic heterocycles. The van der Waals surface area contributed by atoms with E-state index in [1.54, 1.807) is 0 Å². The van der Waals surface area contributed by atoms with Gasteiger partial charge in [-0.25, -0.2) is 4.79 Å². The molecular formula is C50H72O8Si2. The van der Waals surface area contributed by atoms with Gasteiger partial charge in [0.1, 0.15) is 18.3 Å². The molecule has 0 saturated carbocycles. The molecule has 8 nitrogen and oxygen atoms in total. The van der Waals surface area contributed by atoms with Gasteiger partial charge in [0.15, 0.2) is 14.4 Å². The minimum absolute atomic E-state index is 0.0943. The Hall–Kier alpha value is -3.46. The summed E-state index contributed by atoms with van der Waals surface area (Å²) < 4.78 is 33.1. The molecule has 0 amide bonds. The first kappa shape index (κ1) is 49.2. The average molecular weight is 857 g/mol. The number of methoxy groups -OCH3 is 1. The molecule has 10 heteroatoms. The van der Waals surface area contributed by atoms with Crippen LogP contribution in [0.5, 0.6) is 0 Å². The summed E-state index contributed by atoms with van der Waals surface area (Å²) in [6.45, 7) is 16.6. The number of unbranched alkanes of at least 4 members (excludes halogenated alkanes) is 3. The Bertz CT molecular complexity index is 1740. The molecule has 60 heavy (non-hydrogen) atoms. The van der Waals surface area contributed by atoms with Gasteiger partial charge in [-0.3, -0.25) is 0 Å². The van der Waals surface area contributed by atoms with Crippen molar-refractivity contribution in [1.82, 2.24) is 0 Å². The monoisotopic (exact) mass is 856 g/mol. The third kappa shape index (κ3) is 12.8. The fourth-order valence-corrected chi connectivity index (χ4v) is 16.3. The number of esters is 1. The number of carbonyl (C=O) groups excluding carboxylic acids is 1. The second kappa shape index (κ2) is 23.7. The van der Waals surface area contributed by atoms with Crippen LogP contribution in [0.1, 0.15) is 91.7 Å². The highest BCUT2D eigenvalue weighted by molar-refractivity contribution is 6.99. The molecule has 0 aliphatic rings. The number of ether oxygens (including phenoxy) is 3. The summed E-state index contributed by atoms with van der Waals surface area (Å²) in [6.07, 6.45) is -1.31. The highest BCUT2D eigenvalue weighted by Crippen LogP contribution is 2.39. The Kier molecular flexibility index (Phi) is 19.4. The van der Waals surface area contributed by atoms with Crippen LogP contribution in [0.15, 0.2) is 121 Å². The van der Waals surface area contributed by atoms with Gasteiger partial charge in [0.25, 0.3) is 8.32 Å². The average Bonchev–Trinajstić information content (AvgIpc) is 3.27. The van der Waals surface area contributed by atoms with E-state index in [1.165, 1.54) is 17.5 Å². The first-order valence-electron chi connectivity index (χ1n) is 22.0. The Morgan fingerprint density at radius 2 is 1.08 bits per heavy atom. The van der Waals surface area contributed by atoms with Gasteiger partial charge >= 0.3 is 5.97 Å². The van der Waals surface area contributed by atoms with Crippen molar-refractivity contribution in [2.75, 3.05) is 13.7 Å². The van der Waals surface area contributed by atoms with Crippen molar-refractivity contribution in [3.63, 3.8) is 0 Å². The van der Waals surface area contributed by atoms with Gasteiger partial charge < -0.3 is 33.3 Å². The topological polar surface area (TPSA) is 104 Å². The summed E-state index contributed by atoms with van der Waals surface area (Å²) >= 11 is 0. The van der Waals surface area contributed by atoms with Gasteiger partial charge in [0.05, 0.1) is 25.9 Å². The summed E-state index contributed by atoms with van der Waals surface area (Å²) in [6, 6.07) is 43.8. The molecule has 0 unspecified atom stereocenters. The second-order valence-electron chi connectivity index (χ2n) is 17.3. The molecule has 0 spiro atoms. The quantitative estimate of drug-likeness (QED) is 0.0366. The highest BCUT2D eigenvalue weighted by atomic mass is 28.4. The van der Waals surface area contributed by atoms with Crippen LogP contribution in [0.2, 0.25) is 23.2 Å². The van der Waals surface area contributed by atoms with E-state index in [0.717, 1.165) is 54.9 Å². The van der Waals surface area contributed by atoms with Crippen LogP contribution in [0.4, 0.5) is 0 Å². The summed E-state index contributed by atoms with van der Waals surface area (Å²) in [5.41, 5.74) is 0.874. The zero-order valence-corrected chi connectivity index (χ0v) is 39.5. The van der Waals surface area contributed by atoms with Gasteiger partial charge in [-0.2, -0.15) is 0 Å². The molecule has 2 N–H and O–H groups in total. The number of benzene rings is 4. The molecule has 4 aromatic rings. The van der Waals surface area contributed by atoms with Crippen LogP contribution in [0.25, 0.3) is 0 Å². The van der Waals surface area contributed by atoms with Crippen LogP contribution in [-0.2, 0) is 41.1 Å². The van der Waals surface area contributed by atoms with Crippen LogP contribution < -0.4 is 10.4 Å². The molecule has 0 aliphatic carbocycles. The lowest BCUT2D eigenvalue weighted by Gasteiger charge is -2.48. The van der Waals surface area contributed by atoms with E-state index in [4.69, 9.17) is 23.1 Å². The zero-order chi connectivity index (χ0) is 43.7. The predicted octanol–water partition coefficient (Wildman–Crippen LogP) is 9.36. The molecule has 0 bridgehead atoms. The second-order valence-corrected chi connectivity index (χ2v) is 26.3. The van der Waals surface area contributed by atoms with E-state index in [-0.39, 0.29) is 18.3 Å². The van der Waals surface area contributed by atoms with Crippen LogP contribution in [0, 0.1) is 0 Å². The molecule has 0 fully saturated rings. The summed E-state index contributed by atoms with van der Waals surface area (Å²) in [5.74, 6) is -0.945. The van der Waals surface area contributed by atoms with Crippen molar-refractivity contribution in [3.05, 3.63) is 132 Å². The molecule has 4 rings (SSSR count). The molecule has 0 saturated heterocycles. The summed E-state index contributed by atoms with van der Waals surface area (Å²) in [7, 11) is -3.76. The summed E-state index contributed by atoms with van der Waals surface area (Å²) in [5, 5.41) is 25.5. The largest absolute Gasteiger partial charge is 0.467 e. The SMILES string of the molecule is CC[Si](CC)(CC)O[C@](C)(CCCCCCO[Si](c1ccccc1)(c1ccccc1)C(C)(C)C)[C@H](OCc1ccccc1)[C@@H](OCc1ccccc1)[C@@H](O)[C@H](O)C(=O)OC. The van der Waals surface area contributed by atoms with E-state index in [0.29, 0.717) is 13.0 Å². The Morgan fingerprint density at radius 3 is 1.53 bits per heavy atom. The third-order valence-electron chi connectivity index (χ3n) is 12.2. The van der Waals surface area contributed by atoms with Gasteiger partial charge in [-0.05, 0) is 64.4 Å². The van der Waals surface area contributed by atoms with E-state index < -0.39 is 52.6 Å². The number of aliphatic hydroxyl groups is 2. The fourth-order valence-electron chi connectivity index (χ4n) is 8.58. The third-order valence-corrected chi connectivity index (χ3v) is 22.1. The number of carbonyl (C=O) groups is 1. The fraction of sp³-hybridized carbons (Fsp3) is 0.500. The number of aliphatic hydroxyl groups excluding tert-OH is 2. The van der Waals surface area contributed by atoms with Crippen molar-refractivity contribution in [1.29, 1.82) is 0 Å². The smallest absolute Gasteiger partial charge is 0.337 e. The molecule has 0 aromatic heterocycles. The zero-order valence-electron chi connectivity index (χ0n) is 37.5. The lowest BCUT2D eigenvalue weighted by atomic mass is 9.85. The number of hydrogen-bond donors (Lipinski definition) is 2. The predicted molar refractivity (Wildman–Crippen MR) is 247 cm³/mol. The Balaban J connectivity index is 1.63. The van der Waals surface area contributed by atoms with E-state index in [1.807, 2.05) is 60.7 Å². The molecule has 0 heterocycles. The first-order valence-corrected chi connectivity index (χ1v) is 26.4. The van der Waals surface area contributed by atoms with Crippen LogP contribution in [0.3, 0.4) is 0 Å². The van der Waals surface area contributed by atoms with Crippen LogP contribution in [-0.4, -0.2) is 76.6 Å². The van der Waals surface area contributed by atoms with E-state index in [9.17, 15) is 15.0 Å². The maximum absolute atomic E-state index is 12.8. The lowest BCUT2D eigenvalue weighted by molar-refractivity contribution is -0.210. The molecular weight excluding hydrogens is 785 g/mol. The van der Waals surface area contributed by atoms with Gasteiger partial charge in [-0.1, -0.05) is 182 Å².